The van der Waals surface area contributed by atoms with Crippen LogP contribution in [-0.4, -0.2) is 47.1 Å². The van der Waals surface area contributed by atoms with Crippen molar-refractivity contribution in [3.05, 3.63) is 58.6 Å². The standard InChI is InChI=1S/C21H23BrN2O4/c1-14(28-19-8-6-18(25)7-9-19)20(26)23-17-10-12-24(13-11-17)21(27)15-2-4-16(22)5-3-15/h2-9,14,17,25H,10-13H2,1H3,(H,23,26). The highest BCUT2D eigenvalue weighted by Crippen LogP contribution is 2.19. The van der Waals surface area contributed by atoms with E-state index < -0.39 is 6.10 Å². The Labute approximate surface area is 172 Å². The second-order valence-corrected chi connectivity index (χ2v) is 7.75. The molecule has 1 fully saturated rings. The summed E-state index contributed by atoms with van der Waals surface area (Å²) in [6, 6.07) is 13.6. The van der Waals surface area contributed by atoms with Gasteiger partial charge in [0.2, 0.25) is 0 Å². The molecule has 6 nitrogen and oxygen atoms in total. The van der Waals surface area contributed by atoms with Gasteiger partial charge in [-0.05, 0) is 68.3 Å². The third-order valence-corrected chi connectivity index (χ3v) is 5.27. The average molecular weight is 447 g/mol. The van der Waals surface area contributed by atoms with Gasteiger partial charge in [-0.2, -0.15) is 0 Å². The van der Waals surface area contributed by atoms with Crippen molar-refractivity contribution in [2.75, 3.05) is 13.1 Å². The van der Waals surface area contributed by atoms with Crippen LogP contribution in [0.5, 0.6) is 11.5 Å². The topological polar surface area (TPSA) is 78.9 Å². The van der Waals surface area contributed by atoms with E-state index in [0.717, 1.165) is 4.47 Å². The van der Waals surface area contributed by atoms with Crippen molar-refractivity contribution in [3.8, 4) is 11.5 Å². The van der Waals surface area contributed by atoms with E-state index in [1.165, 1.54) is 12.1 Å². The number of nitrogens with zero attached hydrogens (tertiary/aromatic N) is 1. The molecule has 1 heterocycles. The number of carbonyl (C=O) groups excluding carboxylic acids is 2. The van der Waals surface area contributed by atoms with Crippen LogP contribution in [0.15, 0.2) is 53.0 Å². The first-order valence-corrected chi connectivity index (χ1v) is 10.0. The van der Waals surface area contributed by atoms with Gasteiger partial charge in [-0.1, -0.05) is 15.9 Å². The number of benzene rings is 2. The molecule has 7 heteroatoms. The number of carbonyl (C=O) groups is 2. The number of phenolic OH excluding ortho intramolecular Hbond substituents is 1. The molecule has 0 spiro atoms. The van der Waals surface area contributed by atoms with Crippen LogP contribution in [0.4, 0.5) is 0 Å². The Kier molecular flexibility index (Phi) is 6.57. The molecular weight excluding hydrogens is 424 g/mol. The maximum Gasteiger partial charge on any atom is 0.260 e. The maximum absolute atomic E-state index is 12.6. The van der Waals surface area contributed by atoms with Gasteiger partial charge in [0.05, 0.1) is 0 Å². The van der Waals surface area contributed by atoms with E-state index in [2.05, 4.69) is 21.2 Å². The molecule has 1 unspecified atom stereocenters. The summed E-state index contributed by atoms with van der Waals surface area (Å²) in [5, 5.41) is 12.3. The van der Waals surface area contributed by atoms with Gasteiger partial charge in [0, 0.05) is 29.2 Å². The smallest absolute Gasteiger partial charge is 0.260 e. The molecule has 0 bridgehead atoms. The molecule has 0 saturated carbocycles. The Morgan fingerprint density at radius 3 is 2.32 bits per heavy atom. The first kappa shape index (κ1) is 20.2. The molecule has 2 aromatic rings. The van der Waals surface area contributed by atoms with E-state index in [1.54, 1.807) is 19.1 Å². The largest absolute Gasteiger partial charge is 0.508 e. The first-order chi connectivity index (χ1) is 13.4. The highest BCUT2D eigenvalue weighted by molar-refractivity contribution is 9.10. The molecular formula is C21H23BrN2O4. The number of likely N-dealkylation sites (tertiary alicyclic amines) is 1. The highest BCUT2D eigenvalue weighted by atomic mass is 79.9. The van der Waals surface area contributed by atoms with E-state index in [1.807, 2.05) is 29.2 Å². The molecule has 1 atom stereocenters. The van der Waals surface area contributed by atoms with E-state index in [9.17, 15) is 14.7 Å². The van der Waals surface area contributed by atoms with Crippen LogP contribution in [0, 0.1) is 0 Å². The van der Waals surface area contributed by atoms with Crippen molar-refractivity contribution in [3.63, 3.8) is 0 Å². The van der Waals surface area contributed by atoms with Gasteiger partial charge in [0.1, 0.15) is 11.5 Å². The minimum Gasteiger partial charge on any atom is -0.508 e. The number of aromatic hydroxyl groups is 1. The molecule has 0 aromatic heterocycles. The number of halogens is 1. The van der Waals surface area contributed by atoms with E-state index in [-0.39, 0.29) is 23.6 Å². The summed E-state index contributed by atoms with van der Waals surface area (Å²) in [6.07, 6.45) is 0.770. The Bertz CT molecular complexity index is 815. The Morgan fingerprint density at radius 1 is 1.11 bits per heavy atom. The Morgan fingerprint density at radius 2 is 1.71 bits per heavy atom. The van der Waals surface area contributed by atoms with E-state index in [0.29, 0.717) is 37.2 Å². The minimum absolute atomic E-state index is 0.0151. The zero-order valence-electron chi connectivity index (χ0n) is 15.6. The SMILES string of the molecule is CC(Oc1ccc(O)cc1)C(=O)NC1CCN(C(=O)c2ccc(Br)cc2)CC1. The van der Waals surface area contributed by atoms with Crippen LogP contribution in [0.1, 0.15) is 30.1 Å². The zero-order valence-corrected chi connectivity index (χ0v) is 17.2. The number of piperidine rings is 1. The summed E-state index contributed by atoms with van der Waals surface area (Å²) in [7, 11) is 0. The number of rotatable bonds is 5. The fourth-order valence-corrected chi connectivity index (χ4v) is 3.37. The number of hydrogen-bond acceptors (Lipinski definition) is 4. The molecule has 148 valence electrons. The number of hydrogen-bond donors (Lipinski definition) is 2. The second-order valence-electron chi connectivity index (χ2n) is 6.84. The number of amides is 2. The van der Waals surface area contributed by atoms with Gasteiger partial charge in [-0.3, -0.25) is 9.59 Å². The van der Waals surface area contributed by atoms with Gasteiger partial charge >= 0.3 is 0 Å². The van der Waals surface area contributed by atoms with E-state index >= 15 is 0 Å². The van der Waals surface area contributed by atoms with Crippen LogP contribution in [0.25, 0.3) is 0 Å². The van der Waals surface area contributed by atoms with Crippen molar-refractivity contribution >= 4 is 27.7 Å². The predicted molar refractivity (Wildman–Crippen MR) is 109 cm³/mol. The number of nitrogens with one attached hydrogen (secondary N) is 1. The van der Waals surface area contributed by atoms with Gasteiger partial charge in [-0.15, -0.1) is 0 Å². The minimum atomic E-state index is -0.646. The van der Waals surface area contributed by atoms with Crippen molar-refractivity contribution in [1.29, 1.82) is 0 Å². The summed E-state index contributed by atoms with van der Waals surface area (Å²) in [4.78, 5) is 26.8. The summed E-state index contributed by atoms with van der Waals surface area (Å²) in [6.45, 7) is 2.90. The van der Waals surface area contributed by atoms with Crippen LogP contribution in [0.2, 0.25) is 0 Å². The van der Waals surface area contributed by atoms with Gasteiger partial charge in [0.15, 0.2) is 6.10 Å². The van der Waals surface area contributed by atoms with Crippen molar-refractivity contribution in [2.45, 2.75) is 31.9 Å². The van der Waals surface area contributed by atoms with Crippen molar-refractivity contribution < 1.29 is 19.4 Å². The van der Waals surface area contributed by atoms with Crippen LogP contribution in [-0.2, 0) is 4.79 Å². The molecule has 1 aliphatic heterocycles. The molecule has 2 amide bonds. The summed E-state index contributed by atoms with van der Waals surface area (Å²) in [5.74, 6) is 0.497. The molecule has 1 saturated heterocycles. The van der Waals surface area contributed by atoms with Gasteiger partial charge in [-0.25, -0.2) is 0 Å². The Balaban J connectivity index is 1.46. The maximum atomic E-state index is 12.6. The van der Waals surface area contributed by atoms with Gasteiger partial charge in [0.25, 0.3) is 11.8 Å². The summed E-state index contributed by atoms with van der Waals surface area (Å²) in [5.41, 5.74) is 0.668. The fraction of sp³-hybridized carbons (Fsp3) is 0.333. The number of ether oxygens (including phenoxy) is 1. The zero-order chi connectivity index (χ0) is 20.1. The van der Waals surface area contributed by atoms with E-state index in [4.69, 9.17) is 4.74 Å². The third kappa shape index (κ3) is 5.25. The van der Waals surface area contributed by atoms with Crippen LogP contribution < -0.4 is 10.1 Å². The monoisotopic (exact) mass is 446 g/mol. The lowest BCUT2D eigenvalue weighted by Crippen LogP contribution is -2.49. The fourth-order valence-electron chi connectivity index (χ4n) is 3.10. The third-order valence-electron chi connectivity index (χ3n) is 4.74. The lowest BCUT2D eigenvalue weighted by atomic mass is 10.0. The van der Waals surface area contributed by atoms with Crippen LogP contribution in [0.3, 0.4) is 0 Å². The number of phenols is 1. The predicted octanol–water partition coefficient (Wildman–Crippen LogP) is 3.34. The average Bonchev–Trinajstić information content (AvgIpc) is 2.70. The quantitative estimate of drug-likeness (QED) is 0.737. The molecule has 1 aliphatic rings. The van der Waals surface area contributed by atoms with Crippen LogP contribution >= 0.6 is 15.9 Å². The van der Waals surface area contributed by atoms with Crippen molar-refractivity contribution in [1.82, 2.24) is 10.2 Å². The Hall–Kier alpha value is -2.54. The summed E-state index contributed by atoms with van der Waals surface area (Å²) < 4.78 is 6.55. The van der Waals surface area contributed by atoms with Crippen molar-refractivity contribution in [2.24, 2.45) is 0 Å². The first-order valence-electron chi connectivity index (χ1n) is 9.23. The second kappa shape index (κ2) is 9.10. The molecule has 0 aliphatic carbocycles. The molecule has 0 radical (unpaired) electrons. The van der Waals surface area contributed by atoms with Gasteiger partial charge < -0.3 is 20.1 Å². The molecule has 2 aromatic carbocycles. The highest BCUT2D eigenvalue weighted by Gasteiger charge is 2.26. The molecule has 3 rings (SSSR count). The normalized spacial score (nSPS) is 15.7. The molecule has 28 heavy (non-hydrogen) atoms. The lowest BCUT2D eigenvalue weighted by Gasteiger charge is -2.33. The summed E-state index contributed by atoms with van der Waals surface area (Å²) >= 11 is 3.37. The molecule has 2 N–H and O–H groups in total. The lowest BCUT2D eigenvalue weighted by molar-refractivity contribution is -0.128.